The van der Waals surface area contributed by atoms with E-state index in [2.05, 4.69) is 36.6 Å². The lowest BCUT2D eigenvalue weighted by Crippen LogP contribution is -2.44. The molecule has 0 spiro atoms. The molecule has 1 aliphatic rings. The van der Waals surface area contributed by atoms with Crippen molar-refractivity contribution in [2.24, 2.45) is 11.1 Å². The van der Waals surface area contributed by atoms with Crippen LogP contribution in [-0.2, 0) is 10.2 Å². The summed E-state index contributed by atoms with van der Waals surface area (Å²) < 4.78 is 25.9. The number of carbonyl (C=O) groups excluding carboxylic acids is 1. The van der Waals surface area contributed by atoms with E-state index in [0.29, 0.717) is 18.7 Å². The van der Waals surface area contributed by atoms with E-state index in [1.165, 1.54) is 11.3 Å². The first kappa shape index (κ1) is 17.4. The van der Waals surface area contributed by atoms with Gasteiger partial charge in [0.1, 0.15) is 0 Å². The minimum absolute atomic E-state index is 0.0378. The Hall–Kier alpha value is -0.000000000000000333. The Kier molecular flexibility index (Phi) is 5.83. The number of hydrogen-bond acceptors (Lipinski definition) is 4. The van der Waals surface area contributed by atoms with E-state index in [1.807, 2.05) is 0 Å². The van der Waals surface area contributed by atoms with Crippen LogP contribution < -0.4 is 9.86 Å². The zero-order chi connectivity index (χ0) is 15.6. The molecule has 0 radical (unpaired) electrons. The SMILES string of the molecule is NS(=O)(=O)NCC1CCCN(C(=O)c2cc(Br)sc2Br)C1. The quantitative estimate of drug-likeness (QED) is 0.718. The second-order valence-electron chi connectivity index (χ2n) is 4.89. The molecule has 1 unspecified atom stereocenters. The molecule has 0 bridgehead atoms. The fraction of sp³-hybridized carbons (Fsp3) is 0.545. The molecule has 1 aromatic rings. The first-order valence-corrected chi connectivity index (χ1v) is 10.2. The third-order valence-corrected chi connectivity index (χ3v) is 6.17. The number of likely N-dealkylation sites (tertiary alicyclic amines) is 1. The maximum Gasteiger partial charge on any atom is 0.274 e. The summed E-state index contributed by atoms with van der Waals surface area (Å²) in [6.45, 7) is 1.48. The van der Waals surface area contributed by atoms with Crippen LogP contribution in [0.1, 0.15) is 23.2 Å². The van der Waals surface area contributed by atoms with Gasteiger partial charge in [-0.05, 0) is 56.7 Å². The molecule has 21 heavy (non-hydrogen) atoms. The second-order valence-corrected chi connectivity index (χ2v) is 10.0. The van der Waals surface area contributed by atoms with Gasteiger partial charge in [0.05, 0.1) is 13.1 Å². The maximum absolute atomic E-state index is 12.5. The predicted octanol–water partition coefficient (Wildman–Crippen LogP) is 1.92. The molecule has 6 nitrogen and oxygen atoms in total. The first-order chi connectivity index (χ1) is 9.76. The van der Waals surface area contributed by atoms with E-state index in [4.69, 9.17) is 5.14 Å². The van der Waals surface area contributed by atoms with Crippen molar-refractivity contribution in [1.82, 2.24) is 9.62 Å². The van der Waals surface area contributed by atoms with E-state index >= 15 is 0 Å². The molecule has 1 amide bonds. The lowest BCUT2D eigenvalue weighted by Gasteiger charge is -2.32. The molecule has 1 aromatic heterocycles. The van der Waals surface area contributed by atoms with Gasteiger partial charge < -0.3 is 4.90 Å². The van der Waals surface area contributed by atoms with Crippen molar-refractivity contribution in [3.8, 4) is 0 Å². The molecular weight excluding hydrogens is 446 g/mol. The number of carbonyl (C=O) groups is 1. The summed E-state index contributed by atoms with van der Waals surface area (Å²) in [6.07, 6.45) is 1.73. The summed E-state index contributed by atoms with van der Waals surface area (Å²) in [5.41, 5.74) is 0.631. The molecule has 2 rings (SSSR count). The van der Waals surface area contributed by atoms with Gasteiger partial charge in [-0.25, -0.2) is 9.86 Å². The number of piperidine rings is 1. The number of halogens is 2. The minimum atomic E-state index is -3.68. The van der Waals surface area contributed by atoms with Gasteiger partial charge in [0, 0.05) is 19.6 Å². The normalized spacial score (nSPS) is 19.8. The number of hydrogen-bond donors (Lipinski definition) is 2. The number of nitrogens with one attached hydrogen (secondary N) is 1. The highest BCUT2D eigenvalue weighted by Gasteiger charge is 2.27. The molecule has 1 atom stereocenters. The summed E-state index contributed by atoms with van der Waals surface area (Å²) >= 11 is 8.20. The molecule has 118 valence electrons. The van der Waals surface area contributed by atoms with Crippen LogP contribution in [0.25, 0.3) is 0 Å². The standard InChI is InChI=1S/C11H15Br2N3O3S2/c12-9-4-8(10(13)20-9)11(17)16-3-1-2-7(6-16)5-15-21(14,18)19/h4,7,15H,1-3,5-6H2,(H2,14,18,19). The van der Waals surface area contributed by atoms with Crippen LogP contribution in [0.15, 0.2) is 13.6 Å². The highest BCUT2D eigenvalue weighted by molar-refractivity contribution is 9.12. The van der Waals surface area contributed by atoms with Gasteiger partial charge in [0.15, 0.2) is 0 Å². The molecular formula is C11H15Br2N3O3S2. The Labute approximate surface area is 144 Å². The fourth-order valence-corrected chi connectivity index (χ4v) is 5.55. The van der Waals surface area contributed by atoms with Gasteiger partial charge in [0.25, 0.3) is 16.1 Å². The summed E-state index contributed by atoms with van der Waals surface area (Å²) in [5.74, 6) is 0.0472. The van der Waals surface area contributed by atoms with Crippen molar-refractivity contribution < 1.29 is 13.2 Å². The van der Waals surface area contributed by atoms with Crippen LogP contribution in [0, 0.1) is 5.92 Å². The number of thiophene rings is 1. The van der Waals surface area contributed by atoms with Gasteiger partial charge in [-0.2, -0.15) is 8.42 Å². The lowest BCUT2D eigenvalue weighted by molar-refractivity contribution is 0.0676. The Morgan fingerprint density at radius 2 is 2.24 bits per heavy atom. The fourth-order valence-electron chi connectivity index (χ4n) is 2.31. The molecule has 10 heteroatoms. The largest absolute Gasteiger partial charge is 0.338 e. The molecule has 2 heterocycles. The van der Waals surface area contributed by atoms with Crippen molar-refractivity contribution >= 4 is 59.3 Å². The zero-order valence-electron chi connectivity index (χ0n) is 11.0. The molecule has 1 saturated heterocycles. The third kappa shape index (κ3) is 5.00. The third-order valence-electron chi connectivity index (χ3n) is 3.27. The summed E-state index contributed by atoms with van der Waals surface area (Å²) in [5, 5.41) is 4.93. The van der Waals surface area contributed by atoms with Crippen LogP contribution in [0.2, 0.25) is 0 Å². The summed E-state index contributed by atoms with van der Waals surface area (Å²) in [7, 11) is -3.68. The average molecular weight is 461 g/mol. The van der Waals surface area contributed by atoms with E-state index in [0.717, 1.165) is 20.4 Å². The van der Waals surface area contributed by atoms with Crippen LogP contribution in [0.3, 0.4) is 0 Å². The lowest BCUT2D eigenvalue weighted by atomic mass is 9.98. The van der Waals surface area contributed by atoms with Crippen molar-refractivity contribution in [3.63, 3.8) is 0 Å². The number of nitrogens with two attached hydrogens (primary N) is 1. The highest BCUT2D eigenvalue weighted by Crippen LogP contribution is 2.33. The van der Waals surface area contributed by atoms with Gasteiger partial charge in [-0.1, -0.05) is 0 Å². The van der Waals surface area contributed by atoms with Crippen LogP contribution >= 0.6 is 43.2 Å². The number of rotatable bonds is 4. The molecule has 3 N–H and O–H groups in total. The molecule has 1 fully saturated rings. The summed E-state index contributed by atoms with van der Waals surface area (Å²) in [6, 6.07) is 1.79. The van der Waals surface area contributed by atoms with Crippen LogP contribution in [0.4, 0.5) is 0 Å². The first-order valence-electron chi connectivity index (χ1n) is 6.28. The van der Waals surface area contributed by atoms with Crippen molar-refractivity contribution in [2.75, 3.05) is 19.6 Å². The molecule has 0 saturated carbocycles. The molecule has 1 aliphatic heterocycles. The Balaban J connectivity index is 2.00. The van der Waals surface area contributed by atoms with E-state index in [9.17, 15) is 13.2 Å². The second kappa shape index (κ2) is 7.05. The van der Waals surface area contributed by atoms with E-state index < -0.39 is 10.2 Å². The zero-order valence-corrected chi connectivity index (χ0v) is 15.8. The number of amides is 1. The van der Waals surface area contributed by atoms with Crippen molar-refractivity contribution in [2.45, 2.75) is 12.8 Å². The van der Waals surface area contributed by atoms with Gasteiger partial charge in [-0.3, -0.25) is 4.79 Å². The Morgan fingerprint density at radius 1 is 1.52 bits per heavy atom. The monoisotopic (exact) mass is 459 g/mol. The van der Waals surface area contributed by atoms with Gasteiger partial charge in [0.2, 0.25) is 0 Å². The maximum atomic E-state index is 12.5. The number of nitrogens with zero attached hydrogens (tertiary/aromatic N) is 1. The van der Waals surface area contributed by atoms with Crippen LogP contribution in [0.5, 0.6) is 0 Å². The van der Waals surface area contributed by atoms with E-state index in [1.54, 1.807) is 11.0 Å². The summed E-state index contributed by atoms with van der Waals surface area (Å²) in [4.78, 5) is 14.3. The van der Waals surface area contributed by atoms with E-state index in [-0.39, 0.29) is 18.4 Å². The highest BCUT2D eigenvalue weighted by atomic mass is 79.9. The van der Waals surface area contributed by atoms with Gasteiger partial charge in [-0.15, -0.1) is 11.3 Å². The van der Waals surface area contributed by atoms with Gasteiger partial charge >= 0.3 is 0 Å². The minimum Gasteiger partial charge on any atom is -0.338 e. The smallest absolute Gasteiger partial charge is 0.274 e. The average Bonchev–Trinajstić information content (AvgIpc) is 2.74. The Bertz CT molecular complexity index is 633. The van der Waals surface area contributed by atoms with Crippen LogP contribution in [-0.4, -0.2) is 38.9 Å². The van der Waals surface area contributed by atoms with Crippen molar-refractivity contribution in [1.29, 1.82) is 0 Å². The Morgan fingerprint density at radius 3 is 2.81 bits per heavy atom. The topological polar surface area (TPSA) is 92.5 Å². The van der Waals surface area contributed by atoms with Crippen molar-refractivity contribution in [3.05, 3.63) is 19.2 Å². The molecule has 0 aromatic carbocycles. The molecule has 0 aliphatic carbocycles. The predicted molar refractivity (Wildman–Crippen MR) is 89.5 cm³/mol.